The quantitative estimate of drug-likeness (QED) is 0.337. The zero-order chi connectivity index (χ0) is 18.6. The molecule has 0 saturated heterocycles. The predicted molar refractivity (Wildman–Crippen MR) is 115 cm³/mol. The van der Waals surface area contributed by atoms with Crippen molar-refractivity contribution in [3.63, 3.8) is 0 Å². The van der Waals surface area contributed by atoms with Crippen LogP contribution in [0.1, 0.15) is 25.7 Å². The van der Waals surface area contributed by atoms with Gasteiger partial charge in [0.2, 0.25) is 0 Å². The highest BCUT2D eigenvalue weighted by Gasteiger charge is 2.44. The third-order valence-corrected chi connectivity index (χ3v) is 17.4. The summed E-state index contributed by atoms with van der Waals surface area (Å²) in [7, 11) is -7.60. The van der Waals surface area contributed by atoms with Gasteiger partial charge in [0.25, 0.3) is 0 Å². The van der Waals surface area contributed by atoms with Crippen molar-refractivity contribution in [3.8, 4) is 0 Å². The topological polar surface area (TPSA) is 27.7 Å². The van der Waals surface area contributed by atoms with Gasteiger partial charge in [0, 0.05) is 0 Å². The van der Waals surface area contributed by atoms with E-state index >= 15 is 0 Å². The fourth-order valence-corrected chi connectivity index (χ4v) is 21.7. The van der Waals surface area contributed by atoms with Gasteiger partial charge in [-0.25, -0.2) is 0 Å². The molecule has 7 heteroatoms. The Morgan fingerprint density at radius 1 is 0.792 bits per heavy atom. The molecule has 0 saturated carbocycles. The van der Waals surface area contributed by atoms with Crippen molar-refractivity contribution in [3.05, 3.63) is 12.2 Å². The molecule has 0 N–H and O–H groups in total. The van der Waals surface area contributed by atoms with E-state index in [-0.39, 0.29) is 0 Å². The van der Waals surface area contributed by atoms with Crippen molar-refractivity contribution in [2.45, 2.75) is 90.7 Å². The van der Waals surface area contributed by atoms with Crippen LogP contribution in [0.15, 0.2) is 12.2 Å². The van der Waals surface area contributed by atoms with E-state index in [0.29, 0.717) is 0 Å². The van der Waals surface area contributed by atoms with E-state index in [1.165, 1.54) is 25.7 Å². The summed E-state index contributed by atoms with van der Waals surface area (Å²) in [4.78, 5) is 0. The fraction of sp³-hybridized carbons (Fsp3) is 0.882. The first-order valence-corrected chi connectivity index (χ1v) is 21.6. The van der Waals surface area contributed by atoms with Gasteiger partial charge in [-0.05, 0) is 96.6 Å². The molecule has 0 amide bonds. The molecule has 2 atom stereocenters. The molecule has 0 radical (unpaired) electrons. The summed E-state index contributed by atoms with van der Waals surface area (Å²) in [5.74, 6) is 0.804. The standard InChI is InChI=1S/C17H40O3Si4/c1-21(2,3)18-23(7,8)20-24(9,19-22(4,5)6)16-15-17-13-11-10-12-14-17/h10-11,17H,12-16H2,1-9H3. The Morgan fingerprint density at radius 2 is 1.38 bits per heavy atom. The zero-order valence-electron chi connectivity index (χ0n) is 17.5. The minimum Gasteiger partial charge on any atom is -0.437 e. The first-order valence-electron chi connectivity index (χ1n) is 9.45. The summed E-state index contributed by atoms with van der Waals surface area (Å²) in [6, 6.07) is 1.10. The van der Waals surface area contributed by atoms with Crippen LogP contribution in [0.3, 0.4) is 0 Å². The Morgan fingerprint density at radius 3 is 1.83 bits per heavy atom. The van der Waals surface area contributed by atoms with Crippen LogP contribution < -0.4 is 0 Å². The second-order valence-corrected chi connectivity index (χ2v) is 26.2. The molecule has 1 aliphatic rings. The van der Waals surface area contributed by atoms with Crippen LogP contribution in [0.2, 0.25) is 65.0 Å². The predicted octanol–water partition coefficient (Wildman–Crippen LogP) is 6.23. The maximum atomic E-state index is 6.75. The third kappa shape index (κ3) is 9.84. The Bertz CT molecular complexity index is 427. The smallest absolute Gasteiger partial charge is 0.315 e. The van der Waals surface area contributed by atoms with Gasteiger partial charge in [-0.3, -0.25) is 0 Å². The van der Waals surface area contributed by atoms with Crippen LogP contribution >= 0.6 is 0 Å². The van der Waals surface area contributed by atoms with Crippen LogP contribution in [0.5, 0.6) is 0 Å². The summed E-state index contributed by atoms with van der Waals surface area (Å²) < 4.78 is 19.9. The van der Waals surface area contributed by atoms with E-state index in [1.54, 1.807) is 0 Å². The molecular weight excluding hydrogens is 365 g/mol. The molecule has 0 bridgehead atoms. The van der Waals surface area contributed by atoms with Gasteiger partial charge in [-0.15, -0.1) is 0 Å². The van der Waals surface area contributed by atoms with Gasteiger partial charge in [0.05, 0.1) is 0 Å². The first-order chi connectivity index (χ1) is 10.7. The van der Waals surface area contributed by atoms with Gasteiger partial charge in [0.15, 0.2) is 16.6 Å². The van der Waals surface area contributed by atoms with Crippen LogP contribution in [-0.4, -0.2) is 33.8 Å². The van der Waals surface area contributed by atoms with E-state index in [2.05, 4.69) is 71.1 Å². The van der Waals surface area contributed by atoms with Gasteiger partial charge in [-0.2, -0.15) is 0 Å². The molecule has 142 valence electrons. The minimum absolute atomic E-state index is 0.804. The molecule has 0 spiro atoms. The van der Waals surface area contributed by atoms with Crippen LogP contribution in [0, 0.1) is 5.92 Å². The van der Waals surface area contributed by atoms with Crippen molar-refractivity contribution in [2.24, 2.45) is 5.92 Å². The minimum atomic E-state index is -2.21. The van der Waals surface area contributed by atoms with Crippen LogP contribution in [-0.2, 0) is 12.3 Å². The molecule has 0 aromatic carbocycles. The molecule has 1 rings (SSSR count). The molecule has 0 heterocycles. The lowest BCUT2D eigenvalue weighted by molar-refractivity contribution is 0.316. The molecule has 2 unspecified atom stereocenters. The highest BCUT2D eigenvalue weighted by molar-refractivity contribution is 6.89. The number of hydrogen-bond acceptors (Lipinski definition) is 3. The van der Waals surface area contributed by atoms with E-state index in [0.717, 1.165) is 12.0 Å². The summed E-state index contributed by atoms with van der Waals surface area (Å²) >= 11 is 0. The highest BCUT2D eigenvalue weighted by Crippen LogP contribution is 2.31. The lowest BCUT2D eigenvalue weighted by atomic mass is 9.92. The average Bonchev–Trinajstić information content (AvgIpc) is 2.31. The Hall–Kier alpha value is 0.488. The Labute approximate surface area is 154 Å². The second kappa shape index (κ2) is 8.45. The van der Waals surface area contributed by atoms with Crippen molar-refractivity contribution >= 4 is 33.8 Å². The van der Waals surface area contributed by atoms with Crippen molar-refractivity contribution in [1.29, 1.82) is 0 Å². The molecule has 0 aromatic heterocycles. The SMILES string of the molecule is C[Si](C)(C)O[Si](C)(C)O[Si](C)(CCC1CC=CCC1)O[Si](C)(C)C. The largest absolute Gasteiger partial charge is 0.437 e. The van der Waals surface area contributed by atoms with E-state index in [4.69, 9.17) is 12.3 Å². The normalized spacial score (nSPS) is 22.5. The van der Waals surface area contributed by atoms with Crippen molar-refractivity contribution in [2.75, 3.05) is 0 Å². The maximum Gasteiger partial charge on any atom is 0.315 e. The van der Waals surface area contributed by atoms with Gasteiger partial charge >= 0.3 is 17.1 Å². The molecule has 3 nitrogen and oxygen atoms in total. The van der Waals surface area contributed by atoms with Crippen LogP contribution in [0.25, 0.3) is 0 Å². The zero-order valence-corrected chi connectivity index (χ0v) is 21.5. The summed E-state index contributed by atoms with van der Waals surface area (Å²) in [6.07, 6.45) is 9.68. The number of hydrogen-bond donors (Lipinski definition) is 0. The number of rotatable bonds is 9. The molecule has 24 heavy (non-hydrogen) atoms. The van der Waals surface area contributed by atoms with Gasteiger partial charge in [-0.1, -0.05) is 12.2 Å². The fourth-order valence-electron chi connectivity index (χ4n) is 3.63. The Balaban J connectivity index is 2.78. The van der Waals surface area contributed by atoms with Crippen molar-refractivity contribution in [1.82, 2.24) is 0 Å². The van der Waals surface area contributed by atoms with Gasteiger partial charge in [0.1, 0.15) is 0 Å². The van der Waals surface area contributed by atoms with Crippen molar-refractivity contribution < 1.29 is 12.3 Å². The lowest BCUT2D eigenvalue weighted by Crippen LogP contribution is -2.56. The Kier molecular flexibility index (Phi) is 7.93. The average molecular weight is 405 g/mol. The number of allylic oxidation sites excluding steroid dienone is 2. The molecule has 0 aromatic rings. The second-order valence-electron chi connectivity index (χ2n) is 9.75. The highest BCUT2D eigenvalue weighted by atomic mass is 28.5. The van der Waals surface area contributed by atoms with E-state index in [1.807, 2.05) is 0 Å². The molecule has 1 aliphatic carbocycles. The molecule has 0 aliphatic heterocycles. The molecule has 0 fully saturated rings. The monoisotopic (exact) mass is 404 g/mol. The maximum absolute atomic E-state index is 6.75. The molecular formula is C17H40O3Si4. The first kappa shape index (κ1) is 22.5. The van der Waals surface area contributed by atoms with E-state index in [9.17, 15) is 0 Å². The van der Waals surface area contributed by atoms with E-state index < -0.39 is 33.8 Å². The third-order valence-electron chi connectivity index (χ3n) is 3.92. The van der Waals surface area contributed by atoms with Gasteiger partial charge < -0.3 is 12.3 Å². The lowest BCUT2D eigenvalue weighted by Gasteiger charge is -2.41. The summed E-state index contributed by atoms with van der Waals surface area (Å²) in [6.45, 7) is 20.3. The summed E-state index contributed by atoms with van der Waals surface area (Å²) in [5.41, 5.74) is 0. The van der Waals surface area contributed by atoms with Crippen LogP contribution in [0.4, 0.5) is 0 Å². The summed E-state index contributed by atoms with van der Waals surface area (Å²) in [5, 5.41) is 0.